The summed E-state index contributed by atoms with van der Waals surface area (Å²) in [6.45, 7) is 0.750. The maximum Gasteiger partial charge on any atom is 0.252 e. The van der Waals surface area contributed by atoms with Crippen LogP contribution in [0.4, 0.5) is 0 Å². The third kappa shape index (κ3) is 2.03. The third-order valence-corrected chi connectivity index (χ3v) is 3.10. The van der Waals surface area contributed by atoms with Gasteiger partial charge in [0.2, 0.25) is 5.91 Å². The van der Waals surface area contributed by atoms with Gasteiger partial charge < -0.3 is 20.5 Å². The highest BCUT2D eigenvalue weighted by Gasteiger charge is 2.41. The number of nitrogens with two attached hydrogens (primary N) is 1. The Labute approximate surface area is 93.3 Å². The Morgan fingerprint density at radius 3 is 2.75 bits per heavy atom. The van der Waals surface area contributed by atoms with Gasteiger partial charge in [0.25, 0.3) is 5.91 Å². The number of rotatable bonds is 2. The molecule has 6 nitrogen and oxygen atoms in total. The van der Waals surface area contributed by atoms with Gasteiger partial charge in [-0.15, -0.1) is 0 Å². The fourth-order valence-electron chi connectivity index (χ4n) is 2.28. The molecule has 2 saturated heterocycles. The Morgan fingerprint density at radius 2 is 2.19 bits per heavy atom. The van der Waals surface area contributed by atoms with E-state index in [-0.39, 0.29) is 18.9 Å². The van der Waals surface area contributed by atoms with E-state index in [0.29, 0.717) is 13.0 Å². The van der Waals surface area contributed by atoms with E-state index in [1.807, 2.05) is 0 Å². The number of carbonyl (C=O) groups excluding carboxylic acids is 2. The van der Waals surface area contributed by atoms with Gasteiger partial charge in [-0.3, -0.25) is 9.59 Å². The highest BCUT2D eigenvalue weighted by molar-refractivity contribution is 5.89. The minimum Gasteiger partial charge on any atom is -0.391 e. The normalized spacial score (nSPS) is 34.3. The van der Waals surface area contributed by atoms with Crippen LogP contribution >= 0.6 is 0 Å². The summed E-state index contributed by atoms with van der Waals surface area (Å²) in [7, 11) is 0. The van der Waals surface area contributed by atoms with E-state index < -0.39 is 24.2 Å². The lowest BCUT2D eigenvalue weighted by Crippen LogP contribution is -2.47. The number of primary amides is 1. The first-order valence-electron chi connectivity index (χ1n) is 5.49. The number of carbonyl (C=O) groups is 2. The van der Waals surface area contributed by atoms with Crippen molar-refractivity contribution in [2.24, 2.45) is 5.73 Å². The Morgan fingerprint density at radius 1 is 1.44 bits per heavy atom. The zero-order chi connectivity index (χ0) is 11.7. The van der Waals surface area contributed by atoms with Crippen molar-refractivity contribution >= 4 is 11.8 Å². The van der Waals surface area contributed by atoms with Crippen LogP contribution in [0, 0.1) is 0 Å². The molecule has 0 aliphatic carbocycles. The summed E-state index contributed by atoms with van der Waals surface area (Å²) < 4.78 is 5.27. The maximum absolute atomic E-state index is 12.0. The van der Waals surface area contributed by atoms with Gasteiger partial charge >= 0.3 is 0 Å². The lowest BCUT2D eigenvalue weighted by atomic mass is 10.1. The molecule has 2 aliphatic heterocycles. The number of nitrogens with zero attached hydrogens (tertiary/aromatic N) is 1. The Kier molecular flexibility index (Phi) is 3.11. The van der Waals surface area contributed by atoms with E-state index in [1.54, 1.807) is 0 Å². The summed E-state index contributed by atoms with van der Waals surface area (Å²) in [5, 5.41) is 9.47. The molecule has 2 rings (SSSR count). The molecule has 3 atom stereocenters. The van der Waals surface area contributed by atoms with Gasteiger partial charge in [-0.2, -0.15) is 0 Å². The third-order valence-electron chi connectivity index (χ3n) is 3.10. The number of ether oxygens (including phenoxy) is 1. The molecule has 0 aromatic heterocycles. The first kappa shape index (κ1) is 11.3. The summed E-state index contributed by atoms with van der Waals surface area (Å²) in [4.78, 5) is 24.5. The number of hydrogen-bond acceptors (Lipinski definition) is 4. The Hall–Kier alpha value is -1.14. The standard InChI is InChI=1S/C10H16N2O4/c11-9(14)7-4-6(13)5-12(7)10(15)8-2-1-3-16-8/h6-8,13H,1-5H2,(H2,11,14)/t6?,7?,8-/m1/s1. The van der Waals surface area contributed by atoms with Crippen molar-refractivity contribution in [3.63, 3.8) is 0 Å². The summed E-state index contributed by atoms with van der Waals surface area (Å²) in [5.74, 6) is -0.791. The van der Waals surface area contributed by atoms with E-state index in [4.69, 9.17) is 10.5 Å². The molecule has 6 heteroatoms. The predicted octanol–water partition coefficient (Wildman–Crippen LogP) is -1.39. The average Bonchev–Trinajstić information content (AvgIpc) is 2.84. The molecule has 2 amide bonds. The topological polar surface area (TPSA) is 92.9 Å². The smallest absolute Gasteiger partial charge is 0.252 e. The monoisotopic (exact) mass is 228 g/mol. The molecular weight excluding hydrogens is 212 g/mol. The largest absolute Gasteiger partial charge is 0.391 e. The Balaban J connectivity index is 2.06. The molecule has 0 aromatic carbocycles. The second kappa shape index (κ2) is 4.39. The van der Waals surface area contributed by atoms with Crippen molar-refractivity contribution in [2.45, 2.75) is 37.5 Å². The first-order chi connectivity index (χ1) is 7.59. The lowest BCUT2D eigenvalue weighted by molar-refractivity contribution is -0.145. The van der Waals surface area contributed by atoms with Crippen LogP contribution in [0.2, 0.25) is 0 Å². The second-order valence-electron chi connectivity index (χ2n) is 4.30. The summed E-state index contributed by atoms with van der Waals surface area (Å²) >= 11 is 0. The molecule has 90 valence electrons. The van der Waals surface area contributed by atoms with Gasteiger partial charge in [-0.25, -0.2) is 0 Å². The Bertz CT molecular complexity index is 301. The quantitative estimate of drug-likeness (QED) is 0.608. The molecule has 0 bridgehead atoms. The van der Waals surface area contributed by atoms with Crippen molar-refractivity contribution in [3.8, 4) is 0 Å². The number of amides is 2. The number of aliphatic hydroxyl groups excluding tert-OH is 1. The van der Waals surface area contributed by atoms with Crippen LogP contribution in [0.5, 0.6) is 0 Å². The van der Waals surface area contributed by atoms with Gasteiger partial charge in [0, 0.05) is 19.6 Å². The van der Waals surface area contributed by atoms with Crippen molar-refractivity contribution in [1.82, 2.24) is 4.90 Å². The van der Waals surface area contributed by atoms with Gasteiger partial charge in [-0.05, 0) is 12.8 Å². The fourth-order valence-corrected chi connectivity index (χ4v) is 2.28. The minimum atomic E-state index is -0.688. The van der Waals surface area contributed by atoms with E-state index >= 15 is 0 Å². The first-order valence-corrected chi connectivity index (χ1v) is 5.49. The molecule has 16 heavy (non-hydrogen) atoms. The van der Waals surface area contributed by atoms with E-state index in [9.17, 15) is 14.7 Å². The molecule has 0 spiro atoms. The lowest BCUT2D eigenvalue weighted by Gasteiger charge is -2.24. The highest BCUT2D eigenvalue weighted by Crippen LogP contribution is 2.22. The zero-order valence-electron chi connectivity index (χ0n) is 8.96. The van der Waals surface area contributed by atoms with E-state index in [2.05, 4.69) is 0 Å². The van der Waals surface area contributed by atoms with Gasteiger partial charge in [0.1, 0.15) is 12.1 Å². The molecular formula is C10H16N2O4. The summed E-state index contributed by atoms with van der Waals surface area (Å²) in [6.07, 6.45) is 0.633. The second-order valence-corrected chi connectivity index (χ2v) is 4.30. The molecule has 2 unspecified atom stereocenters. The van der Waals surface area contributed by atoms with Crippen LogP contribution in [-0.4, -0.2) is 53.2 Å². The molecule has 0 radical (unpaired) electrons. The number of likely N-dealkylation sites (tertiary alicyclic amines) is 1. The molecule has 2 heterocycles. The van der Waals surface area contributed by atoms with Crippen LogP contribution in [0.15, 0.2) is 0 Å². The number of aliphatic hydroxyl groups is 1. The predicted molar refractivity (Wildman–Crippen MR) is 54.3 cm³/mol. The van der Waals surface area contributed by atoms with Crippen molar-refractivity contribution in [2.75, 3.05) is 13.2 Å². The van der Waals surface area contributed by atoms with Crippen LogP contribution in [0.25, 0.3) is 0 Å². The van der Waals surface area contributed by atoms with Gasteiger partial charge in [0.15, 0.2) is 0 Å². The molecule has 0 aromatic rings. The minimum absolute atomic E-state index is 0.173. The molecule has 2 fully saturated rings. The van der Waals surface area contributed by atoms with Crippen LogP contribution < -0.4 is 5.73 Å². The number of hydrogen-bond donors (Lipinski definition) is 2. The van der Waals surface area contributed by atoms with Gasteiger partial charge in [-0.1, -0.05) is 0 Å². The van der Waals surface area contributed by atoms with Crippen molar-refractivity contribution in [1.29, 1.82) is 0 Å². The van der Waals surface area contributed by atoms with E-state index in [0.717, 1.165) is 6.42 Å². The van der Waals surface area contributed by atoms with Crippen molar-refractivity contribution in [3.05, 3.63) is 0 Å². The van der Waals surface area contributed by atoms with E-state index in [1.165, 1.54) is 4.90 Å². The summed E-state index contributed by atoms with van der Waals surface area (Å²) in [6, 6.07) is -0.688. The number of β-amino-alcohol motifs (C(OH)–C–C–N with tert-alkyl or cyclic N) is 1. The molecule has 0 saturated carbocycles. The molecule has 2 aliphatic rings. The van der Waals surface area contributed by atoms with Crippen LogP contribution in [0.3, 0.4) is 0 Å². The van der Waals surface area contributed by atoms with Crippen molar-refractivity contribution < 1.29 is 19.4 Å². The summed E-state index contributed by atoms with van der Waals surface area (Å²) in [5.41, 5.74) is 5.20. The average molecular weight is 228 g/mol. The maximum atomic E-state index is 12.0. The van der Waals surface area contributed by atoms with Crippen LogP contribution in [-0.2, 0) is 14.3 Å². The fraction of sp³-hybridized carbons (Fsp3) is 0.800. The SMILES string of the molecule is NC(=O)C1CC(O)CN1C(=O)[C@H]1CCCO1. The molecule has 3 N–H and O–H groups in total. The van der Waals surface area contributed by atoms with Gasteiger partial charge in [0.05, 0.1) is 6.10 Å². The van der Waals surface area contributed by atoms with Crippen LogP contribution in [0.1, 0.15) is 19.3 Å². The highest BCUT2D eigenvalue weighted by atomic mass is 16.5. The zero-order valence-corrected chi connectivity index (χ0v) is 8.96.